The Morgan fingerprint density at radius 1 is 0.237 bits per heavy atom. The molecular formula is C87H65F2N3S5. The molecule has 7 aliphatic rings. The molecule has 1 N–H and O–H groups in total. The van der Waals surface area contributed by atoms with Crippen molar-refractivity contribution < 1.29 is 8.78 Å². The van der Waals surface area contributed by atoms with Crippen molar-refractivity contribution in [3.63, 3.8) is 0 Å². The van der Waals surface area contributed by atoms with E-state index in [0.717, 1.165) is 32.0 Å². The minimum atomic E-state index is -1.89. The number of hydrogen-bond donors (Lipinski definition) is 1. The molecule has 14 aromatic carbocycles. The van der Waals surface area contributed by atoms with Gasteiger partial charge >= 0.3 is 0 Å². The van der Waals surface area contributed by atoms with Crippen LogP contribution < -0.4 is 15.1 Å². The van der Waals surface area contributed by atoms with Gasteiger partial charge in [-0.05, 0) is 190 Å². The lowest BCUT2D eigenvalue weighted by Gasteiger charge is -2.38. The first kappa shape index (κ1) is 61.9. The Labute approximate surface area is 582 Å². The number of para-hydroxylation sites is 6. The molecule has 0 saturated carbocycles. The van der Waals surface area contributed by atoms with Crippen LogP contribution >= 0.6 is 55.3 Å². The van der Waals surface area contributed by atoms with E-state index in [9.17, 15) is 8.78 Å². The largest absolute Gasteiger partial charge is 0.354 e. The molecule has 0 aromatic heterocycles. The first-order valence-electron chi connectivity index (χ1n) is 31.3. The van der Waals surface area contributed by atoms with Gasteiger partial charge in [0.1, 0.15) is 11.6 Å². The van der Waals surface area contributed by atoms with Crippen molar-refractivity contribution in [2.75, 3.05) is 15.1 Å². The van der Waals surface area contributed by atoms with E-state index in [1.54, 1.807) is 12.1 Å². The first-order valence-corrected chi connectivity index (χ1v) is 37.0. The van der Waals surface area contributed by atoms with E-state index in [4.69, 9.17) is 0 Å². The molecule has 472 valence electrons. The summed E-state index contributed by atoms with van der Waals surface area (Å²) in [5, 5.41) is 3.42. The molecule has 0 saturated heterocycles. The van der Waals surface area contributed by atoms with Gasteiger partial charge in [-0.25, -0.2) is 8.78 Å². The summed E-state index contributed by atoms with van der Waals surface area (Å²) in [5.41, 5.74) is 19.4. The zero-order valence-electron chi connectivity index (χ0n) is 50.2. The topological polar surface area (TPSA) is 18.5 Å². The Balaban J connectivity index is 0.000000139. The number of nitrogens with zero attached hydrogens (tertiary/aromatic N) is 2. The number of nitrogens with one attached hydrogen (secondary N) is 1. The van der Waals surface area contributed by atoms with Gasteiger partial charge in [-0.3, -0.25) is 0 Å². The predicted molar refractivity (Wildman–Crippen MR) is 407 cm³/mol. The molecule has 97 heavy (non-hydrogen) atoms. The summed E-state index contributed by atoms with van der Waals surface area (Å²) in [6, 6.07) is 112. The van der Waals surface area contributed by atoms with Crippen LogP contribution in [-0.2, 0) is 0 Å². The summed E-state index contributed by atoms with van der Waals surface area (Å²) < 4.78 is 28.8. The Morgan fingerprint density at radius 2 is 0.485 bits per heavy atom. The number of benzene rings is 14. The summed E-state index contributed by atoms with van der Waals surface area (Å²) >= 11 is 5.54. The zero-order valence-corrected chi connectivity index (χ0v) is 54.3. The second-order valence-electron chi connectivity index (χ2n) is 23.8. The Morgan fingerprint density at radius 3 is 0.825 bits per heavy atom. The standard InChI is InChI=1S/C48H30N2S3.C24H14F2S.C12H9NS.3CH4/c1-11-23-45-33(13-1)35-27-25-31(49-37-15-3-7-19-41(37)51-42-20-8-4-16-38(42)49)29-47(35)53(45)46-24-12-2-14-34(46)36-28-26-32(30-48(36)53)50-39-17-5-9-21-43(39)52-44-22-10-6-18-40(44)50;25-15-9-11-19-17-5-1-3-7-21(17)27(23(19)13-15)22-8-4-2-6-18(22)20-12-10-16(26)14-24(20)27;1-3-7-11-9(5-1)13-10-6-2-4-8-12(10)14-11;;;/h1-30H;1-14H;1-8,13H;3*1H4. The Bertz CT molecular complexity index is 5040. The van der Waals surface area contributed by atoms with Crippen molar-refractivity contribution in [2.24, 2.45) is 0 Å². The van der Waals surface area contributed by atoms with Crippen molar-refractivity contribution in [2.45, 2.75) is 90.8 Å². The minimum absolute atomic E-state index is 0. The van der Waals surface area contributed by atoms with Crippen LogP contribution in [0.4, 0.5) is 54.3 Å². The highest BCUT2D eigenvalue weighted by molar-refractivity contribution is 8.35. The van der Waals surface area contributed by atoms with Gasteiger partial charge in [-0.15, -0.1) is 20.1 Å². The van der Waals surface area contributed by atoms with Crippen LogP contribution in [0.25, 0.3) is 44.5 Å². The average Bonchev–Trinajstić information content (AvgIpc) is 1.52. The van der Waals surface area contributed by atoms with Gasteiger partial charge in [0.15, 0.2) is 0 Å². The van der Waals surface area contributed by atoms with E-state index < -0.39 is 20.1 Å². The molecule has 0 amide bonds. The Kier molecular flexibility index (Phi) is 15.5. The summed E-state index contributed by atoms with van der Waals surface area (Å²) in [6.07, 6.45) is 0. The number of hydrogen-bond acceptors (Lipinski definition) is 6. The van der Waals surface area contributed by atoms with Gasteiger partial charge in [0, 0.05) is 79.9 Å². The fraction of sp³-hybridized carbons (Fsp3) is 0.0345. The lowest BCUT2D eigenvalue weighted by Crippen LogP contribution is -2.15. The normalized spacial score (nSPS) is 14.6. The third kappa shape index (κ3) is 9.28. The third-order valence-electron chi connectivity index (χ3n) is 18.8. The predicted octanol–water partition coefficient (Wildman–Crippen LogP) is 27.9. The third-order valence-corrected chi connectivity index (χ3v) is 30.3. The maximum Gasteiger partial charge on any atom is 0.124 e. The van der Waals surface area contributed by atoms with Crippen molar-refractivity contribution >= 4 is 101 Å². The smallest absolute Gasteiger partial charge is 0.124 e. The summed E-state index contributed by atoms with van der Waals surface area (Å²) in [4.78, 5) is 22.6. The van der Waals surface area contributed by atoms with Crippen molar-refractivity contribution in [3.8, 4) is 44.5 Å². The Hall–Kier alpha value is -9.91. The van der Waals surface area contributed by atoms with Crippen LogP contribution in [0, 0.1) is 11.6 Å². The van der Waals surface area contributed by atoms with E-state index in [1.165, 1.54) is 139 Å². The van der Waals surface area contributed by atoms with Gasteiger partial charge in [0.2, 0.25) is 0 Å². The van der Waals surface area contributed by atoms with Crippen LogP contribution in [0.1, 0.15) is 22.3 Å². The molecule has 21 rings (SSSR count). The zero-order chi connectivity index (χ0) is 62.2. The lowest BCUT2D eigenvalue weighted by molar-refractivity contribution is 0.624. The van der Waals surface area contributed by atoms with E-state index in [-0.39, 0.29) is 33.9 Å². The van der Waals surface area contributed by atoms with E-state index in [2.05, 4.69) is 270 Å². The average molecular weight is 1350 g/mol. The van der Waals surface area contributed by atoms with E-state index >= 15 is 0 Å². The van der Waals surface area contributed by atoms with Crippen LogP contribution in [0.2, 0.25) is 0 Å². The molecule has 14 aromatic rings. The van der Waals surface area contributed by atoms with Crippen LogP contribution in [0.5, 0.6) is 0 Å². The van der Waals surface area contributed by atoms with Crippen LogP contribution in [-0.4, -0.2) is 0 Å². The molecule has 0 unspecified atom stereocenters. The first-order chi connectivity index (χ1) is 46.4. The van der Waals surface area contributed by atoms with Gasteiger partial charge in [-0.2, -0.15) is 0 Å². The molecule has 3 nitrogen and oxygen atoms in total. The number of fused-ring (bicyclic) bond motifs is 26. The highest BCUT2D eigenvalue weighted by atomic mass is 32.3. The summed E-state index contributed by atoms with van der Waals surface area (Å²) in [5.74, 6) is -0.508. The van der Waals surface area contributed by atoms with E-state index in [0.29, 0.717) is 0 Å². The number of rotatable bonds is 2. The maximum absolute atomic E-state index is 14.4. The number of halogens is 2. The summed E-state index contributed by atoms with van der Waals surface area (Å²) in [7, 11) is -3.75. The fourth-order valence-corrected chi connectivity index (χ4v) is 27.3. The van der Waals surface area contributed by atoms with Crippen molar-refractivity contribution in [1.29, 1.82) is 0 Å². The minimum Gasteiger partial charge on any atom is -0.354 e. The van der Waals surface area contributed by atoms with Gasteiger partial charge in [0.05, 0.1) is 34.1 Å². The maximum atomic E-state index is 14.4. The molecular weight excluding hydrogens is 1290 g/mol. The molecule has 10 heteroatoms. The number of anilines is 8. The molecule has 0 atom stereocenters. The SMILES string of the molecule is C.C.C.Fc1ccc2c(c1)S1(c3ccccc3-2)c2ccccc2-c2ccc(F)cc21.c1ccc2c(c1)Nc1ccccc1S2.c1ccc2c(c1)Sc1ccccc1N2c1ccc2c(c1)S1(c3ccccc3-2)c2ccccc2-c2ccc(N3c4ccccc4Sc4ccccc43)cc21. The molecule has 7 aliphatic heterocycles. The van der Waals surface area contributed by atoms with Gasteiger partial charge in [-0.1, -0.05) is 227 Å². The van der Waals surface area contributed by atoms with E-state index in [1.807, 2.05) is 71.7 Å². The van der Waals surface area contributed by atoms with Gasteiger partial charge in [0.25, 0.3) is 0 Å². The highest BCUT2D eigenvalue weighted by Crippen LogP contribution is 2.87. The lowest BCUT2D eigenvalue weighted by atomic mass is 10.0. The van der Waals surface area contributed by atoms with Gasteiger partial charge < -0.3 is 15.1 Å². The molecule has 0 bridgehead atoms. The quantitative estimate of drug-likeness (QED) is 0.185. The molecule has 2 spiro atoms. The fourth-order valence-electron chi connectivity index (χ4n) is 15.0. The second-order valence-corrected chi connectivity index (χ2v) is 33.0. The monoisotopic (exact) mass is 1350 g/mol. The summed E-state index contributed by atoms with van der Waals surface area (Å²) in [6.45, 7) is 0. The molecule has 7 heterocycles. The van der Waals surface area contributed by atoms with Crippen molar-refractivity contribution in [3.05, 3.63) is 327 Å². The molecule has 0 radical (unpaired) electrons. The highest BCUT2D eigenvalue weighted by Gasteiger charge is 2.50. The molecule has 0 fully saturated rings. The second kappa shape index (κ2) is 24.3. The van der Waals surface area contributed by atoms with Crippen LogP contribution in [0.3, 0.4) is 0 Å². The van der Waals surface area contributed by atoms with Crippen molar-refractivity contribution in [1.82, 2.24) is 0 Å². The molecule has 0 aliphatic carbocycles. The van der Waals surface area contributed by atoms with Crippen LogP contribution in [0.15, 0.2) is 384 Å².